The van der Waals surface area contributed by atoms with Crippen LogP contribution in [-0.2, 0) is 15.9 Å². The second-order valence-electron chi connectivity index (χ2n) is 10.2. The van der Waals surface area contributed by atoms with Crippen LogP contribution in [0.2, 0.25) is 0 Å². The number of benzene rings is 2. The molecule has 0 fully saturated rings. The Kier molecular flexibility index (Phi) is 13.3. The molecule has 0 bridgehead atoms. The molecule has 1 N–H and O–H groups in total. The van der Waals surface area contributed by atoms with Gasteiger partial charge in [-0.05, 0) is 88.7 Å². The van der Waals surface area contributed by atoms with Crippen LogP contribution in [0.1, 0.15) is 62.9 Å². The predicted octanol–water partition coefficient (Wildman–Crippen LogP) is 7.02. The molecule has 8 nitrogen and oxygen atoms in total. The smallest absolute Gasteiger partial charge is 0.496 e. The van der Waals surface area contributed by atoms with Crippen LogP contribution in [0.3, 0.4) is 0 Å². The monoisotopic (exact) mass is 600 g/mol. The molecule has 2 rings (SSSR count). The summed E-state index contributed by atoms with van der Waals surface area (Å²) in [4.78, 5) is 28.0. The van der Waals surface area contributed by atoms with Crippen LogP contribution >= 0.6 is 11.9 Å². The zero-order chi connectivity index (χ0) is 30.6. The number of ether oxygens (including phenoxy) is 4. The molecule has 0 aliphatic heterocycles. The SMILES string of the molecule is COc1ccc(C(=O)CCCCN(CCc2ccccc2OC(F)(F)F)C(=O)OC(C)(C)C)cc1SNC(C)OC. The molecule has 1 atom stereocenters. The van der Waals surface area contributed by atoms with Crippen LogP contribution in [0, 0.1) is 0 Å². The number of para-hydroxylation sites is 1. The minimum absolute atomic E-state index is 0.0589. The average Bonchev–Trinajstić information content (AvgIpc) is 2.89. The molecular formula is C29H39F3N2O6S. The van der Waals surface area contributed by atoms with Gasteiger partial charge in [0.1, 0.15) is 23.3 Å². The number of amides is 1. The summed E-state index contributed by atoms with van der Waals surface area (Å²) < 4.78 is 61.8. The largest absolute Gasteiger partial charge is 0.573 e. The second-order valence-corrected chi connectivity index (χ2v) is 11.1. The van der Waals surface area contributed by atoms with Gasteiger partial charge in [-0.15, -0.1) is 13.2 Å². The highest BCUT2D eigenvalue weighted by molar-refractivity contribution is 7.97. The van der Waals surface area contributed by atoms with Gasteiger partial charge >= 0.3 is 12.5 Å². The van der Waals surface area contributed by atoms with Gasteiger partial charge in [-0.3, -0.25) is 4.79 Å². The van der Waals surface area contributed by atoms with E-state index in [-0.39, 0.29) is 43.7 Å². The number of halogens is 3. The third-order valence-corrected chi connectivity index (χ3v) is 6.75. The van der Waals surface area contributed by atoms with Crippen LogP contribution in [0.5, 0.6) is 11.5 Å². The average molecular weight is 601 g/mol. The molecule has 0 aromatic heterocycles. The van der Waals surface area contributed by atoms with Gasteiger partial charge in [0.05, 0.1) is 12.0 Å². The van der Waals surface area contributed by atoms with Crippen molar-refractivity contribution in [2.75, 3.05) is 27.3 Å². The van der Waals surface area contributed by atoms with E-state index in [1.807, 2.05) is 6.92 Å². The maximum absolute atomic E-state index is 12.9. The number of ketones is 1. The maximum Gasteiger partial charge on any atom is 0.573 e. The Balaban J connectivity index is 2.02. The van der Waals surface area contributed by atoms with E-state index in [1.54, 1.807) is 59.3 Å². The third kappa shape index (κ3) is 12.6. The highest BCUT2D eigenvalue weighted by Gasteiger charge is 2.32. The van der Waals surface area contributed by atoms with Crippen LogP contribution in [0.4, 0.5) is 18.0 Å². The molecule has 41 heavy (non-hydrogen) atoms. The summed E-state index contributed by atoms with van der Waals surface area (Å²) in [5.74, 6) is 0.257. The Morgan fingerprint density at radius 2 is 1.71 bits per heavy atom. The van der Waals surface area contributed by atoms with Crippen molar-refractivity contribution < 1.29 is 41.7 Å². The van der Waals surface area contributed by atoms with E-state index in [2.05, 4.69) is 9.46 Å². The first-order chi connectivity index (χ1) is 19.2. The van der Waals surface area contributed by atoms with Crippen LogP contribution in [-0.4, -0.2) is 62.3 Å². The van der Waals surface area contributed by atoms with Gasteiger partial charge in [0.2, 0.25) is 0 Å². The number of nitrogens with one attached hydrogen (secondary N) is 1. The van der Waals surface area contributed by atoms with Gasteiger partial charge in [0.15, 0.2) is 5.78 Å². The lowest BCUT2D eigenvalue weighted by Crippen LogP contribution is -2.38. The third-order valence-electron chi connectivity index (χ3n) is 5.76. The summed E-state index contributed by atoms with van der Waals surface area (Å²) in [5, 5.41) is 0. The molecule has 0 heterocycles. The standard InChI is InChI=1S/C29H39F3N2O6S/c1-20(37-5)33-41-26-19-22(14-15-25(26)38-6)23(35)12-9-10-17-34(27(36)40-28(2,3)4)18-16-21-11-7-8-13-24(21)39-29(30,31)32/h7-8,11,13-15,19-20,33H,9-10,12,16-18H2,1-6H3. The van der Waals surface area contributed by atoms with Crippen molar-refractivity contribution in [1.29, 1.82) is 0 Å². The van der Waals surface area contributed by atoms with Crippen molar-refractivity contribution in [2.45, 2.75) is 76.5 Å². The Bertz CT molecular complexity index is 1140. The molecule has 0 spiro atoms. The Hall–Kier alpha value is -2.96. The van der Waals surface area contributed by atoms with Gasteiger partial charge in [-0.2, -0.15) is 0 Å². The number of nitrogens with zero attached hydrogens (tertiary/aromatic N) is 1. The van der Waals surface area contributed by atoms with E-state index in [0.29, 0.717) is 29.7 Å². The van der Waals surface area contributed by atoms with E-state index in [0.717, 1.165) is 4.90 Å². The molecule has 0 saturated heterocycles. The van der Waals surface area contributed by atoms with Gasteiger partial charge in [-0.25, -0.2) is 9.52 Å². The fraction of sp³-hybridized carbons (Fsp3) is 0.517. The molecule has 2 aromatic rings. The molecule has 0 aliphatic carbocycles. The van der Waals surface area contributed by atoms with Crippen molar-refractivity contribution in [2.24, 2.45) is 0 Å². The minimum Gasteiger partial charge on any atom is -0.496 e. The zero-order valence-corrected chi connectivity index (χ0v) is 25.1. The lowest BCUT2D eigenvalue weighted by Gasteiger charge is -2.27. The summed E-state index contributed by atoms with van der Waals surface area (Å²) in [6.07, 6.45) is -4.23. The van der Waals surface area contributed by atoms with E-state index < -0.39 is 18.1 Å². The van der Waals surface area contributed by atoms with Crippen molar-refractivity contribution in [1.82, 2.24) is 9.62 Å². The topological polar surface area (TPSA) is 86.3 Å². The molecule has 0 aliphatic rings. The summed E-state index contributed by atoms with van der Waals surface area (Å²) >= 11 is 1.30. The molecular weight excluding hydrogens is 561 g/mol. The number of hydrogen-bond acceptors (Lipinski definition) is 8. The Labute approximate surface area is 244 Å². The number of carbonyl (C=O) groups is 2. The number of Topliss-reactive ketones (excluding diaryl/α,β-unsaturated/α-hetero) is 1. The van der Waals surface area contributed by atoms with Crippen molar-refractivity contribution in [3.63, 3.8) is 0 Å². The molecule has 12 heteroatoms. The van der Waals surface area contributed by atoms with Crippen LogP contribution in [0.15, 0.2) is 47.4 Å². The van der Waals surface area contributed by atoms with E-state index in [1.165, 1.54) is 35.0 Å². The molecule has 1 amide bonds. The number of unbranched alkanes of at least 4 members (excludes halogenated alkanes) is 1. The highest BCUT2D eigenvalue weighted by Crippen LogP contribution is 2.30. The second kappa shape index (κ2) is 15.9. The number of methoxy groups -OCH3 is 2. The van der Waals surface area contributed by atoms with E-state index >= 15 is 0 Å². The maximum atomic E-state index is 12.9. The number of carbonyl (C=O) groups excluding carboxylic acids is 2. The van der Waals surface area contributed by atoms with Crippen molar-refractivity contribution in [3.05, 3.63) is 53.6 Å². The first kappa shape index (κ1) is 34.2. The van der Waals surface area contributed by atoms with Gasteiger partial charge in [-0.1, -0.05) is 18.2 Å². The molecule has 0 radical (unpaired) electrons. The van der Waals surface area contributed by atoms with E-state index in [4.69, 9.17) is 14.2 Å². The summed E-state index contributed by atoms with van der Waals surface area (Å²) in [6.45, 7) is 7.45. The molecule has 228 valence electrons. The van der Waals surface area contributed by atoms with Crippen LogP contribution < -0.4 is 14.2 Å². The quantitative estimate of drug-likeness (QED) is 0.101. The number of hydrogen-bond donors (Lipinski definition) is 1. The molecule has 0 saturated carbocycles. The first-order valence-corrected chi connectivity index (χ1v) is 14.0. The van der Waals surface area contributed by atoms with Crippen molar-refractivity contribution in [3.8, 4) is 11.5 Å². The normalized spacial score (nSPS) is 12.5. The minimum atomic E-state index is -4.82. The summed E-state index contributed by atoms with van der Waals surface area (Å²) in [5.41, 5.74) is 0.101. The lowest BCUT2D eigenvalue weighted by molar-refractivity contribution is -0.274. The predicted molar refractivity (Wildman–Crippen MR) is 151 cm³/mol. The number of alkyl halides is 3. The zero-order valence-electron chi connectivity index (χ0n) is 24.3. The highest BCUT2D eigenvalue weighted by atomic mass is 32.2. The van der Waals surface area contributed by atoms with Gasteiger partial charge in [0.25, 0.3) is 0 Å². The fourth-order valence-electron chi connectivity index (χ4n) is 3.67. The lowest BCUT2D eigenvalue weighted by atomic mass is 10.0. The van der Waals surface area contributed by atoms with Crippen LogP contribution in [0.25, 0.3) is 0 Å². The first-order valence-electron chi connectivity index (χ1n) is 13.2. The van der Waals surface area contributed by atoms with Gasteiger partial charge < -0.3 is 23.8 Å². The number of rotatable bonds is 15. The molecule has 2 aromatic carbocycles. The van der Waals surface area contributed by atoms with Crippen molar-refractivity contribution >= 4 is 23.8 Å². The van der Waals surface area contributed by atoms with Gasteiger partial charge in [0, 0.05) is 32.2 Å². The summed E-state index contributed by atoms with van der Waals surface area (Å²) in [7, 11) is 3.14. The Morgan fingerprint density at radius 3 is 2.34 bits per heavy atom. The van der Waals surface area contributed by atoms with E-state index in [9.17, 15) is 22.8 Å². The Morgan fingerprint density at radius 1 is 1.00 bits per heavy atom. The summed E-state index contributed by atoms with van der Waals surface area (Å²) in [6, 6.07) is 11.0. The fourth-order valence-corrected chi connectivity index (χ4v) is 4.49. The molecule has 1 unspecified atom stereocenters.